The van der Waals surface area contributed by atoms with Gasteiger partial charge in [0.2, 0.25) is 10.0 Å². The number of hydrogen-bond acceptors (Lipinski definition) is 4. The second-order valence-electron chi connectivity index (χ2n) is 5.06. The molecule has 2 heterocycles. The Morgan fingerprint density at radius 2 is 1.90 bits per heavy atom. The molecule has 6 heteroatoms. The summed E-state index contributed by atoms with van der Waals surface area (Å²) in [5.74, 6) is 0.662. The van der Waals surface area contributed by atoms with Gasteiger partial charge in [-0.25, -0.2) is 8.42 Å². The minimum Gasteiger partial charge on any atom is -0.486 e. The van der Waals surface area contributed by atoms with Crippen LogP contribution in [0.3, 0.4) is 0 Å². The molecule has 110 valence electrons. The lowest BCUT2D eigenvalue weighted by Gasteiger charge is -2.37. The summed E-state index contributed by atoms with van der Waals surface area (Å²) >= 11 is 0. The molecule has 1 saturated heterocycles. The first kappa shape index (κ1) is 14.0. The molecule has 0 spiro atoms. The minimum absolute atomic E-state index is 0.116. The first-order valence-electron chi connectivity index (χ1n) is 6.69. The van der Waals surface area contributed by atoms with Crippen molar-refractivity contribution in [1.29, 1.82) is 0 Å². The second kappa shape index (κ2) is 5.46. The summed E-state index contributed by atoms with van der Waals surface area (Å²) in [6.07, 6.45) is 3.17. The normalized spacial score (nSPS) is 16.4. The van der Waals surface area contributed by atoms with Gasteiger partial charge in [0, 0.05) is 6.20 Å². The molecule has 1 aromatic carbocycles. The van der Waals surface area contributed by atoms with E-state index in [9.17, 15) is 8.42 Å². The van der Waals surface area contributed by atoms with Crippen molar-refractivity contribution in [2.45, 2.75) is 17.9 Å². The molecule has 1 aliphatic heterocycles. The predicted octanol–water partition coefficient (Wildman–Crippen LogP) is 1.84. The number of sulfonamides is 1. The van der Waals surface area contributed by atoms with Gasteiger partial charge < -0.3 is 4.74 Å². The lowest BCUT2D eigenvalue weighted by molar-refractivity contribution is 0.0759. The van der Waals surface area contributed by atoms with Crippen molar-refractivity contribution >= 4 is 10.0 Å². The highest BCUT2D eigenvalue weighted by atomic mass is 32.2. The third kappa shape index (κ3) is 2.91. The van der Waals surface area contributed by atoms with E-state index in [1.54, 1.807) is 42.7 Å². The van der Waals surface area contributed by atoms with Crippen molar-refractivity contribution in [2.24, 2.45) is 0 Å². The first-order chi connectivity index (χ1) is 10.1. The van der Waals surface area contributed by atoms with Gasteiger partial charge in [-0.05, 0) is 31.2 Å². The SMILES string of the molecule is Cc1ccc(S(=O)(=O)N2CC(Oc3cccnc3)C2)cc1. The van der Waals surface area contributed by atoms with Crippen LogP contribution in [0.5, 0.6) is 5.75 Å². The minimum atomic E-state index is -3.41. The number of benzene rings is 1. The molecular weight excluding hydrogens is 288 g/mol. The molecule has 0 radical (unpaired) electrons. The molecule has 5 nitrogen and oxygen atoms in total. The van der Waals surface area contributed by atoms with Gasteiger partial charge in [-0.1, -0.05) is 17.7 Å². The fourth-order valence-electron chi connectivity index (χ4n) is 2.14. The number of aryl methyl sites for hydroxylation is 1. The Hall–Kier alpha value is -1.92. The van der Waals surface area contributed by atoms with Crippen LogP contribution < -0.4 is 4.74 Å². The summed E-state index contributed by atoms with van der Waals surface area (Å²) in [7, 11) is -3.41. The van der Waals surface area contributed by atoms with Crippen molar-refractivity contribution in [2.75, 3.05) is 13.1 Å². The van der Waals surface area contributed by atoms with Gasteiger partial charge in [0.25, 0.3) is 0 Å². The van der Waals surface area contributed by atoms with Crippen LogP contribution in [0.4, 0.5) is 0 Å². The zero-order chi connectivity index (χ0) is 14.9. The standard InChI is InChI=1S/C15H16N2O3S/c1-12-4-6-15(7-5-12)21(18,19)17-10-14(11-17)20-13-3-2-8-16-9-13/h2-9,14H,10-11H2,1H3. The van der Waals surface area contributed by atoms with E-state index < -0.39 is 10.0 Å². The number of ether oxygens (including phenoxy) is 1. The molecule has 0 unspecified atom stereocenters. The van der Waals surface area contributed by atoms with Crippen LogP contribution >= 0.6 is 0 Å². The summed E-state index contributed by atoms with van der Waals surface area (Å²) < 4.78 is 31.9. The zero-order valence-corrected chi connectivity index (χ0v) is 12.5. The van der Waals surface area contributed by atoms with Gasteiger partial charge >= 0.3 is 0 Å². The van der Waals surface area contributed by atoms with E-state index in [-0.39, 0.29) is 6.10 Å². The molecule has 21 heavy (non-hydrogen) atoms. The van der Waals surface area contributed by atoms with E-state index in [1.165, 1.54) is 4.31 Å². The Kier molecular flexibility index (Phi) is 3.65. The fraction of sp³-hybridized carbons (Fsp3) is 0.267. The van der Waals surface area contributed by atoms with Gasteiger partial charge in [-0.2, -0.15) is 4.31 Å². The van der Waals surface area contributed by atoms with Crippen LogP contribution in [0.15, 0.2) is 53.7 Å². The van der Waals surface area contributed by atoms with Crippen LogP contribution in [0.2, 0.25) is 0 Å². The molecule has 1 aromatic heterocycles. The Morgan fingerprint density at radius 1 is 1.19 bits per heavy atom. The molecule has 0 N–H and O–H groups in total. The highest BCUT2D eigenvalue weighted by Gasteiger charge is 2.38. The number of aromatic nitrogens is 1. The maximum absolute atomic E-state index is 12.4. The topological polar surface area (TPSA) is 59.5 Å². The molecular formula is C15H16N2O3S. The van der Waals surface area contributed by atoms with Crippen LogP contribution in [0.1, 0.15) is 5.56 Å². The van der Waals surface area contributed by atoms with E-state index in [2.05, 4.69) is 4.98 Å². The van der Waals surface area contributed by atoms with E-state index in [0.717, 1.165) is 5.56 Å². The molecule has 0 amide bonds. The van der Waals surface area contributed by atoms with Crippen LogP contribution in [-0.2, 0) is 10.0 Å². The van der Waals surface area contributed by atoms with Gasteiger partial charge in [0.05, 0.1) is 24.2 Å². The first-order valence-corrected chi connectivity index (χ1v) is 8.13. The Labute approximate surface area is 124 Å². The van der Waals surface area contributed by atoms with Gasteiger partial charge in [0.15, 0.2) is 0 Å². The third-order valence-electron chi connectivity index (χ3n) is 3.41. The molecule has 1 fully saturated rings. The Balaban J connectivity index is 1.64. The molecule has 0 saturated carbocycles. The Bertz CT molecular complexity index is 708. The average Bonchev–Trinajstić information content (AvgIpc) is 2.44. The maximum Gasteiger partial charge on any atom is 0.243 e. The fourth-order valence-corrected chi connectivity index (χ4v) is 3.64. The van der Waals surface area contributed by atoms with Crippen molar-refractivity contribution in [3.8, 4) is 5.75 Å². The van der Waals surface area contributed by atoms with Gasteiger partial charge in [-0.3, -0.25) is 4.98 Å². The maximum atomic E-state index is 12.4. The summed E-state index contributed by atoms with van der Waals surface area (Å²) in [6, 6.07) is 10.5. The molecule has 0 aliphatic carbocycles. The van der Waals surface area contributed by atoms with Gasteiger partial charge in [0.1, 0.15) is 11.9 Å². The van der Waals surface area contributed by atoms with E-state index >= 15 is 0 Å². The highest BCUT2D eigenvalue weighted by Crippen LogP contribution is 2.24. The molecule has 0 bridgehead atoms. The predicted molar refractivity (Wildman–Crippen MR) is 78.6 cm³/mol. The van der Waals surface area contributed by atoms with Crippen molar-refractivity contribution < 1.29 is 13.2 Å². The molecule has 0 atom stereocenters. The van der Waals surface area contributed by atoms with Crippen molar-refractivity contribution in [1.82, 2.24) is 9.29 Å². The van der Waals surface area contributed by atoms with Crippen LogP contribution in [0.25, 0.3) is 0 Å². The second-order valence-corrected chi connectivity index (χ2v) is 7.00. The number of nitrogens with zero attached hydrogens (tertiary/aromatic N) is 2. The van der Waals surface area contributed by atoms with Crippen molar-refractivity contribution in [3.63, 3.8) is 0 Å². The molecule has 3 rings (SSSR count). The lowest BCUT2D eigenvalue weighted by atomic mass is 10.2. The molecule has 1 aliphatic rings. The summed E-state index contributed by atoms with van der Waals surface area (Å²) in [5.41, 5.74) is 1.04. The Morgan fingerprint density at radius 3 is 2.52 bits per heavy atom. The van der Waals surface area contributed by atoms with E-state index in [1.807, 2.05) is 13.0 Å². The lowest BCUT2D eigenvalue weighted by Crippen LogP contribution is -2.55. The monoisotopic (exact) mass is 304 g/mol. The summed E-state index contributed by atoms with van der Waals surface area (Å²) in [6.45, 7) is 2.66. The van der Waals surface area contributed by atoms with Crippen LogP contribution in [0, 0.1) is 6.92 Å². The highest BCUT2D eigenvalue weighted by molar-refractivity contribution is 7.89. The van der Waals surface area contributed by atoms with Gasteiger partial charge in [-0.15, -0.1) is 0 Å². The number of hydrogen-bond donors (Lipinski definition) is 0. The average molecular weight is 304 g/mol. The smallest absolute Gasteiger partial charge is 0.243 e. The number of pyridine rings is 1. The summed E-state index contributed by atoms with van der Waals surface area (Å²) in [5, 5.41) is 0. The molecule has 2 aromatic rings. The van der Waals surface area contributed by atoms with Crippen molar-refractivity contribution in [3.05, 3.63) is 54.4 Å². The quantitative estimate of drug-likeness (QED) is 0.865. The largest absolute Gasteiger partial charge is 0.486 e. The number of rotatable bonds is 4. The van der Waals surface area contributed by atoms with Crippen LogP contribution in [-0.4, -0.2) is 36.9 Å². The van der Waals surface area contributed by atoms with E-state index in [0.29, 0.717) is 23.7 Å². The third-order valence-corrected chi connectivity index (χ3v) is 5.26. The van der Waals surface area contributed by atoms with E-state index in [4.69, 9.17) is 4.74 Å². The zero-order valence-electron chi connectivity index (χ0n) is 11.6. The summed E-state index contributed by atoms with van der Waals surface area (Å²) in [4.78, 5) is 4.29.